The lowest BCUT2D eigenvalue weighted by atomic mass is 10.1. The minimum absolute atomic E-state index is 0.0528. The van der Waals surface area contributed by atoms with E-state index in [0.717, 1.165) is 6.42 Å². The summed E-state index contributed by atoms with van der Waals surface area (Å²) in [5.74, 6) is 0.127. The van der Waals surface area contributed by atoms with Gasteiger partial charge in [-0.3, -0.25) is 0 Å². The largest absolute Gasteiger partial charge is 0.387 e. The smallest absolute Gasteiger partial charge is 0.211 e. The zero-order valence-corrected chi connectivity index (χ0v) is 11.5. The molecule has 0 spiro atoms. The molecule has 98 valence electrons. The van der Waals surface area contributed by atoms with Crippen LogP contribution in [0.2, 0.25) is 0 Å². The van der Waals surface area contributed by atoms with Crippen molar-refractivity contribution in [2.45, 2.75) is 32.3 Å². The van der Waals surface area contributed by atoms with Crippen molar-refractivity contribution in [1.82, 2.24) is 9.62 Å². The van der Waals surface area contributed by atoms with Crippen LogP contribution >= 0.6 is 0 Å². The fourth-order valence-electron chi connectivity index (χ4n) is 1.41. The van der Waals surface area contributed by atoms with Crippen molar-refractivity contribution in [1.29, 1.82) is 0 Å². The fourth-order valence-corrected chi connectivity index (χ4v) is 2.75. The Labute approximate surface area is 98.9 Å². The normalized spacial score (nSPS) is 16.4. The number of nitrogens with one attached hydrogen (secondary N) is 1. The monoisotopic (exact) mass is 252 g/mol. The molecule has 0 bridgehead atoms. The molecule has 0 aliphatic rings. The molecule has 0 heterocycles. The third kappa shape index (κ3) is 8.04. The van der Waals surface area contributed by atoms with Crippen molar-refractivity contribution in [3.05, 3.63) is 0 Å². The van der Waals surface area contributed by atoms with Gasteiger partial charge in [0.1, 0.15) is 0 Å². The van der Waals surface area contributed by atoms with Gasteiger partial charge in [-0.2, -0.15) is 0 Å². The molecule has 0 amide bonds. The summed E-state index contributed by atoms with van der Waals surface area (Å²) in [6.07, 6.45) is 1.49. The molecule has 0 radical (unpaired) electrons. The van der Waals surface area contributed by atoms with Crippen LogP contribution in [0.5, 0.6) is 0 Å². The summed E-state index contributed by atoms with van der Waals surface area (Å²) < 4.78 is 25.4. The second kappa shape index (κ2) is 6.54. The van der Waals surface area contributed by atoms with Crippen LogP contribution in [0, 0.1) is 0 Å². The Hall–Kier alpha value is -0.170. The van der Waals surface area contributed by atoms with Crippen LogP contribution in [0.25, 0.3) is 0 Å². The summed E-state index contributed by atoms with van der Waals surface area (Å²) in [4.78, 5) is 1.82. The topological polar surface area (TPSA) is 69.6 Å². The lowest BCUT2D eigenvalue weighted by Crippen LogP contribution is -2.47. The van der Waals surface area contributed by atoms with E-state index in [1.165, 1.54) is 0 Å². The molecule has 0 aromatic heterocycles. The maximum absolute atomic E-state index is 11.5. The van der Waals surface area contributed by atoms with Gasteiger partial charge in [0.05, 0.1) is 11.4 Å². The van der Waals surface area contributed by atoms with Crippen molar-refractivity contribution in [2.75, 3.05) is 32.9 Å². The van der Waals surface area contributed by atoms with Gasteiger partial charge in [-0.1, -0.05) is 13.3 Å². The van der Waals surface area contributed by atoms with Crippen LogP contribution < -0.4 is 4.72 Å². The number of hydrogen-bond donors (Lipinski definition) is 2. The van der Waals surface area contributed by atoms with Gasteiger partial charge in [-0.15, -0.1) is 0 Å². The first-order valence-electron chi connectivity index (χ1n) is 5.53. The van der Waals surface area contributed by atoms with Gasteiger partial charge in [0.25, 0.3) is 0 Å². The SMILES string of the molecule is CCCCS(=O)(=O)NC[C@@](C)(O)CN(C)C. The van der Waals surface area contributed by atoms with Crippen molar-refractivity contribution in [3.8, 4) is 0 Å². The fraction of sp³-hybridized carbons (Fsp3) is 1.00. The molecule has 0 saturated carbocycles. The molecule has 0 aliphatic heterocycles. The molecule has 0 rings (SSSR count). The molecule has 2 N–H and O–H groups in total. The maximum Gasteiger partial charge on any atom is 0.211 e. The molecule has 1 atom stereocenters. The first kappa shape index (κ1) is 15.8. The average Bonchev–Trinajstić information content (AvgIpc) is 2.10. The molecule has 0 aromatic rings. The lowest BCUT2D eigenvalue weighted by molar-refractivity contribution is 0.0386. The molecule has 16 heavy (non-hydrogen) atoms. The Bertz CT molecular complexity index is 286. The summed E-state index contributed by atoms with van der Waals surface area (Å²) in [5.41, 5.74) is -1.04. The van der Waals surface area contributed by atoms with Crippen LogP contribution in [0.15, 0.2) is 0 Å². The third-order valence-electron chi connectivity index (χ3n) is 2.10. The van der Waals surface area contributed by atoms with E-state index in [1.54, 1.807) is 6.92 Å². The summed E-state index contributed by atoms with van der Waals surface area (Å²) in [5, 5.41) is 9.91. The first-order chi connectivity index (χ1) is 7.18. The van der Waals surface area contributed by atoms with Crippen LogP contribution in [-0.4, -0.2) is 57.0 Å². The highest BCUT2D eigenvalue weighted by Crippen LogP contribution is 2.04. The van der Waals surface area contributed by atoms with Gasteiger partial charge in [0, 0.05) is 13.1 Å². The van der Waals surface area contributed by atoms with Gasteiger partial charge in [0.15, 0.2) is 0 Å². The Morgan fingerprint density at radius 1 is 1.38 bits per heavy atom. The van der Waals surface area contributed by atoms with Crippen LogP contribution in [0.4, 0.5) is 0 Å². The minimum atomic E-state index is -3.24. The number of hydrogen-bond acceptors (Lipinski definition) is 4. The predicted molar refractivity (Wildman–Crippen MR) is 65.9 cm³/mol. The van der Waals surface area contributed by atoms with E-state index in [4.69, 9.17) is 0 Å². The van der Waals surface area contributed by atoms with E-state index in [2.05, 4.69) is 4.72 Å². The Balaban J connectivity index is 4.12. The second-order valence-electron chi connectivity index (χ2n) is 4.73. The predicted octanol–water partition coefficient (Wildman–Crippen LogP) is 0.0185. The zero-order chi connectivity index (χ0) is 12.8. The summed E-state index contributed by atoms with van der Waals surface area (Å²) in [6, 6.07) is 0. The van der Waals surface area contributed by atoms with E-state index < -0.39 is 15.6 Å². The second-order valence-corrected chi connectivity index (χ2v) is 6.65. The van der Waals surface area contributed by atoms with Gasteiger partial charge >= 0.3 is 0 Å². The average molecular weight is 252 g/mol. The molecule has 0 aromatic carbocycles. The summed E-state index contributed by atoms with van der Waals surface area (Å²) >= 11 is 0. The van der Waals surface area contributed by atoms with Crippen LogP contribution in [0.1, 0.15) is 26.7 Å². The first-order valence-corrected chi connectivity index (χ1v) is 7.18. The van der Waals surface area contributed by atoms with E-state index in [-0.39, 0.29) is 12.3 Å². The summed E-state index contributed by atoms with van der Waals surface area (Å²) in [7, 11) is 0.426. The van der Waals surface area contributed by atoms with Gasteiger partial charge < -0.3 is 10.0 Å². The number of nitrogens with zero attached hydrogens (tertiary/aromatic N) is 1. The standard InChI is InChI=1S/C10H24N2O3S/c1-5-6-7-16(14,15)11-8-10(2,13)9-12(3)4/h11,13H,5-9H2,1-4H3/t10-/m1/s1. The minimum Gasteiger partial charge on any atom is -0.387 e. The molecular formula is C10H24N2O3S. The number of sulfonamides is 1. The highest BCUT2D eigenvalue weighted by atomic mass is 32.2. The van der Waals surface area contributed by atoms with E-state index >= 15 is 0 Å². The number of aliphatic hydroxyl groups is 1. The van der Waals surface area contributed by atoms with E-state index in [9.17, 15) is 13.5 Å². The van der Waals surface area contributed by atoms with Gasteiger partial charge in [-0.05, 0) is 27.4 Å². The van der Waals surface area contributed by atoms with Crippen molar-refractivity contribution >= 4 is 10.0 Å². The molecule has 0 fully saturated rings. The quantitative estimate of drug-likeness (QED) is 0.639. The summed E-state index contributed by atoms with van der Waals surface area (Å²) in [6.45, 7) is 4.04. The van der Waals surface area contributed by atoms with Crippen molar-refractivity contribution in [2.24, 2.45) is 0 Å². The highest BCUT2D eigenvalue weighted by molar-refractivity contribution is 7.89. The van der Waals surface area contributed by atoms with Gasteiger partial charge in [-0.25, -0.2) is 13.1 Å². The Morgan fingerprint density at radius 2 is 1.94 bits per heavy atom. The molecule has 5 nitrogen and oxygen atoms in total. The zero-order valence-electron chi connectivity index (χ0n) is 10.7. The maximum atomic E-state index is 11.5. The lowest BCUT2D eigenvalue weighted by Gasteiger charge is -2.26. The molecule has 0 aliphatic carbocycles. The molecule has 0 unspecified atom stereocenters. The number of rotatable bonds is 8. The number of unbranched alkanes of at least 4 members (excludes halogenated alkanes) is 1. The van der Waals surface area contributed by atoms with Crippen LogP contribution in [-0.2, 0) is 10.0 Å². The van der Waals surface area contributed by atoms with Gasteiger partial charge in [0.2, 0.25) is 10.0 Å². The van der Waals surface area contributed by atoms with E-state index in [1.807, 2.05) is 25.9 Å². The van der Waals surface area contributed by atoms with E-state index in [0.29, 0.717) is 13.0 Å². The third-order valence-corrected chi connectivity index (χ3v) is 3.51. The highest BCUT2D eigenvalue weighted by Gasteiger charge is 2.23. The van der Waals surface area contributed by atoms with Crippen molar-refractivity contribution < 1.29 is 13.5 Å². The van der Waals surface area contributed by atoms with Crippen molar-refractivity contribution in [3.63, 3.8) is 0 Å². The Morgan fingerprint density at radius 3 is 2.38 bits per heavy atom. The Kier molecular flexibility index (Phi) is 6.47. The number of likely N-dealkylation sites (N-methyl/N-ethyl adjacent to an activating group) is 1. The molecule has 6 heteroatoms. The molecule has 0 saturated heterocycles. The van der Waals surface area contributed by atoms with Crippen LogP contribution in [0.3, 0.4) is 0 Å². The molecular weight excluding hydrogens is 228 g/mol.